The molecule has 0 radical (unpaired) electrons. The van der Waals surface area contributed by atoms with Crippen LogP contribution < -0.4 is 10.2 Å². The lowest BCUT2D eigenvalue weighted by atomic mass is 9.92. The van der Waals surface area contributed by atoms with E-state index >= 15 is 0 Å². The molecule has 1 saturated heterocycles. The number of nitro benzene ring substituents is 1. The van der Waals surface area contributed by atoms with Crippen molar-refractivity contribution in [2.75, 3.05) is 43.0 Å². The Morgan fingerprint density at radius 2 is 1.70 bits per heavy atom. The number of rotatable bonds is 7. The molecule has 37 heavy (non-hydrogen) atoms. The van der Waals surface area contributed by atoms with E-state index in [4.69, 9.17) is 16.3 Å². The number of piperazine rings is 1. The highest BCUT2D eigenvalue weighted by molar-refractivity contribution is 6.30. The lowest BCUT2D eigenvalue weighted by Gasteiger charge is -2.36. The summed E-state index contributed by atoms with van der Waals surface area (Å²) in [4.78, 5) is 26.7. The molecule has 200 valence electrons. The number of carbonyl (C=O) groups is 1. The van der Waals surface area contributed by atoms with Crippen molar-refractivity contribution in [1.29, 1.82) is 0 Å². The summed E-state index contributed by atoms with van der Waals surface area (Å²) in [5.41, 5.74) is -0.766. The van der Waals surface area contributed by atoms with E-state index in [9.17, 15) is 28.1 Å². The first kappa shape index (κ1) is 27.0. The Balaban J connectivity index is 1.21. The van der Waals surface area contributed by atoms with Crippen molar-refractivity contribution in [2.45, 2.75) is 44.0 Å². The van der Waals surface area contributed by atoms with Gasteiger partial charge in [-0.1, -0.05) is 11.6 Å². The minimum absolute atomic E-state index is 0.0235. The smallest absolute Gasteiger partial charge is 0.382 e. The number of nitrogens with zero attached hydrogens (tertiary/aromatic N) is 3. The van der Waals surface area contributed by atoms with Crippen LogP contribution in [0, 0.1) is 10.1 Å². The Kier molecular flexibility index (Phi) is 8.43. The second-order valence-corrected chi connectivity index (χ2v) is 9.69. The van der Waals surface area contributed by atoms with E-state index < -0.39 is 22.4 Å². The first-order valence-corrected chi connectivity index (χ1v) is 12.5. The fraction of sp³-hybridized carbons (Fsp3) is 0.480. The molecule has 2 aromatic carbocycles. The van der Waals surface area contributed by atoms with E-state index in [1.807, 2.05) is 24.3 Å². The summed E-state index contributed by atoms with van der Waals surface area (Å²) in [7, 11) is 0. The molecule has 0 spiro atoms. The van der Waals surface area contributed by atoms with Gasteiger partial charge >= 0.3 is 6.18 Å². The van der Waals surface area contributed by atoms with Crippen LogP contribution in [0.2, 0.25) is 5.02 Å². The lowest BCUT2D eigenvalue weighted by Crippen LogP contribution is -2.50. The first-order chi connectivity index (χ1) is 17.6. The Hall–Kier alpha value is -3.05. The molecule has 8 nitrogen and oxygen atoms in total. The molecule has 0 atom stereocenters. The molecule has 4 rings (SSSR count). The number of alkyl halides is 3. The highest BCUT2D eigenvalue weighted by Gasteiger charge is 2.36. The van der Waals surface area contributed by atoms with Gasteiger partial charge in [0.15, 0.2) is 0 Å². The van der Waals surface area contributed by atoms with Crippen LogP contribution in [0.3, 0.4) is 0 Å². The molecule has 2 fully saturated rings. The Morgan fingerprint density at radius 3 is 2.30 bits per heavy atom. The van der Waals surface area contributed by atoms with E-state index in [2.05, 4.69) is 10.2 Å². The molecule has 1 aliphatic carbocycles. The van der Waals surface area contributed by atoms with Gasteiger partial charge in [-0.25, -0.2) is 0 Å². The van der Waals surface area contributed by atoms with Gasteiger partial charge in [0.1, 0.15) is 6.61 Å². The predicted octanol–water partition coefficient (Wildman–Crippen LogP) is 5.36. The number of non-ortho nitro benzene ring substituents is 1. The van der Waals surface area contributed by atoms with E-state index in [1.165, 1.54) is 0 Å². The molecule has 1 aliphatic heterocycles. The van der Waals surface area contributed by atoms with Crippen LogP contribution in [0.1, 0.15) is 31.2 Å². The average Bonchev–Trinajstić information content (AvgIpc) is 2.88. The quantitative estimate of drug-likeness (QED) is 0.376. The lowest BCUT2D eigenvalue weighted by molar-refractivity contribution is -0.385. The summed E-state index contributed by atoms with van der Waals surface area (Å²) < 4.78 is 46.1. The van der Waals surface area contributed by atoms with Gasteiger partial charge < -0.3 is 19.9 Å². The number of nitrogens with one attached hydrogen (secondary N) is 1. The average molecular weight is 541 g/mol. The SMILES string of the molecule is O=C(CO[C@H]1CC[C@H](Nc2ccc([N+](=O)[O-])cc2C(F)(F)F)CC1)N1CCN(c2ccc(Cl)cc2)CC1. The molecule has 0 aromatic heterocycles. The Labute approximate surface area is 217 Å². The van der Waals surface area contributed by atoms with Crippen molar-refractivity contribution >= 4 is 34.6 Å². The van der Waals surface area contributed by atoms with Crippen molar-refractivity contribution in [2.24, 2.45) is 0 Å². The summed E-state index contributed by atoms with van der Waals surface area (Å²) in [5, 5.41) is 14.5. The highest BCUT2D eigenvalue weighted by Crippen LogP contribution is 2.38. The van der Waals surface area contributed by atoms with Crippen LogP contribution in [0.15, 0.2) is 42.5 Å². The summed E-state index contributed by atoms with van der Waals surface area (Å²) in [5.74, 6) is -0.0725. The van der Waals surface area contributed by atoms with Gasteiger partial charge in [-0.2, -0.15) is 13.2 Å². The van der Waals surface area contributed by atoms with Crippen LogP contribution in [-0.2, 0) is 15.7 Å². The zero-order valence-corrected chi connectivity index (χ0v) is 20.8. The zero-order chi connectivity index (χ0) is 26.6. The number of benzene rings is 2. The van der Waals surface area contributed by atoms with Crippen molar-refractivity contribution in [3.05, 3.63) is 63.2 Å². The van der Waals surface area contributed by atoms with Gasteiger partial charge in [0.25, 0.3) is 5.69 Å². The van der Waals surface area contributed by atoms with Crippen molar-refractivity contribution in [3.8, 4) is 0 Å². The molecule has 12 heteroatoms. The van der Waals surface area contributed by atoms with Gasteiger partial charge in [-0.3, -0.25) is 14.9 Å². The summed E-state index contributed by atoms with van der Waals surface area (Å²) >= 11 is 5.95. The van der Waals surface area contributed by atoms with E-state index in [-0.39, 0.29) is 30.3 Å². The molecule has 2 aliphatic rings. The molecule has 0 bridgehead atoms. The first-order valence-electron chi connectivity index (χ1n) is 12.1. The molecule has 0 unspecified atom stereocenters. The number of carbonyl (C=O) groups excluding carboxylic acids is 1. The fourth-order valence-corrected chi connectivity index (χ4v) is 4.87. The number of hydrogen-bond donors (Lipinski definition) is 1. The van der Waals surface area contributed by atoms with Gasteiger partial charge in [-0.05, 0) is 56.0 Å². The molecular formula is C25H28ClF3N4O4. The summed E-state index contributed by atoms with van der Waals surface area (Å²) in [6, 6.07) is 10.1. The second-order valence-electron chi connectivity index (χ2n) is 9.26. The third-order valence-corrected chi connectivity index (χ3v) is 7.07. The number of hydrogen-bond acceptors (Lipinski definition) is 6. The van der Waals surface area contributed by atoms with Crippen LogP contribution in [0.4, 0.5) is 30.2 Å². The minimum atomic E-state index is -4.71. The number of halogens is 4. The Bertz CT molecular complexity index is 1100. The normalized spacial score (nSPS) is 20.5. The second kappa shape index (κ2) is 11.6. The van der Waals surface area contributed by atoms with Gasteiger partial charge in [-0.15, -0.1) is 0 Å². The summed E-state index contributed by atoms with van der Waals surface area (Å²) in [6.07, 6.45) is -2.53. The fourth-order valence-electron chi connectivity index (χ4n) is 4.75. The van der Waals surface area contributed by atoms with Crippen molar-refractivity contribution in [3.63, 3.8) is 0 Å². The van der Waals surface area contributed by atoms with Crippen LogP contribution >= 0.6 is 11.6 Å². The van der Waals surface area contributed by atoms with Crippen LogP contribution in [0.5, 0.6) is 0 Å². The van der Waals surface area contributed by atoms with Crippen molar-refractivity contribution < 1.29 is 27.6 Å². The largest absolute Gasteiger partial charge is 0.418 e. The molecule has 1 saturated carbocycles. The minimum Gasteiger partial charge on any atom is -0.382 e. The number of amides is 1. The topological polar surface area (TPSA) is 87.9 Å². The van der Waals surface area contributed by atoms with Crippen molar-refractivity contribution in [1.82, 2.24) is 4.90 Å². The van der Waals surface area contributed by atoms with Gasteiger partial charge in [0.2, 0.25) is 5.91 Å². The van der Waals surface area contributed by atoms with E-state index in [1.54, 1.807) is 4.90 Å². The zero-order valence-electron chi connectivity index (χ0n) is 20.0. The monoisotopic (exact) mass is 540 g/mol. The predicted molar refractivity (Wildman–Crippen MR) is 134 cm³/mol. The molecule has 1 heterocycles. The summed E-state index contributed by atoms with van der Waals surface area (Å²) in [6.45, 7) is 2.60. The molecule has 1 amide bonds. The molecule has 2 aromatic rings. The maximum Gasteiger partial charge on any atom is 0.418 e. The maximum atomic E-state index is 13.4. The van der Waals surface area contributed by atoms with Crippen LogP contribution in [0.25, 0.3) is 0 Å². The number of nitro groups is 1. The highest BCUT2D eigenvalue weighted by atomic mass is 35.5. The number of ether oxygens (including phenoxy) is 1. The Morgan fingerprint density at radius 1 is 1.05 bits per heavy atom. The molecular weight excluding hydrogens is 513 g/mol. The van der Waals surface area contributed by atoms with E-state index in [0.717, 1.165) is 17.8 Å². The molecule has 1 N–H and O–H groups in total. The third-order valence-electron chi connectivity index (χ3n) is 6.82. The maximum absolute atomic E-state index is 13.4. The van der Waals surface area contributed by atoms with E-state index in [0.29, 0.717) is 63.0 Å². The number of anilines is 2. The van der Waals surface area contributed by atoms with Gasteiger partial charge in [0, 0.05) is 60.8 Å². The standard InChI is InChI=1S/C25H28ClF3N4O4/c26-17-1-5-19(6-2-17)31-11-13-32(14-12-31)24(34)16-37-21-8-3-18(4-9-21)30-23-10-7-20(33(35)36)15-22(23)25(27,28)29/h1-2,5-7,10,15,18,21,30H,3-4,8-9,11-14,16H2/t18-,21-. The van der Waals surface area contributed by atoms with Crippen LogP contribution in [-0.4, -0.2) is 60.7 Å². The third kappa shape index (κ3) is 7.04. The van der Waals surface area contributed by atoms with Gasteiger partial charge in [0.05, 0.1) is 16.6 Å².